The summed E-state index contributed by atoms with van der Waals surface area (Å²) in [5.74, 6) is -0.809. The lowest BCUT2D eigenvalue weighted by atomic mass is 10.1. The lowest BCUT2D eigenvalue weighted by Crippen LogP contribution is -2.22. The first kappa shape index (κ1) is 21.6. The van der Waals surface area contributed by atoms with E-state index in [4.69, 9.17) is 5.11 Å². The molecule has 0 unspecified atom stereocenters. The van der Waals surface area contributed by atoms with Crippen LogP contribution < -0.4 is 5.01 Å². The van der Waals surface area contributed by atoms with Gasteiger partial charge >= 0.3 is 5.97 Å². The third-order valence-electron chi connectivity index (χ3n) is 4.86. The Morgan fingerprint density at radius 3 is 2.33 bits per heavy atom. The minimum atomic E-state index is -0.959. The molecule has 3 aromatic rings. The summed E-state index contributed by atoms with van der Waals surface area (Å²) in [6.45, 7) is 1.91. The third kappa shape index (κ3) is 4.99. The maximum Gasteiger partial charge on any atom is 0.335 e. The molecule has 1 aromatic carbocycles. The molecule has 0 spiro atoms. The van der Waals surface area contributed by atoms with Crippen LogP contribution in [0.4, 0.5) is 5.82 Å². The molecule has 1 amide bonds. The van der Waals surface area contributed by atoms with Crippen LogP contribution in [0.3, 0.4) is 0 Å². The molecule has 7 heteroatoms. The number of hydrogen-bond donors (Lipinski definition) is 1. The van der Waals surface area contributed by atoms with Crippen LogP contribution in [0.25, 0.3) is 6.08 Å². The van der Waals surface area contributed by atoms with Crippen LogP contribution in [-0.2, 0) is 4.79 Å². The largest absolute Gasteiger partial charge is 0.478 e. The van der Waals surface area contributed by atoms with Gasteiger partial charge in [-0.2, -0.15) is 10.1 Å². The highest BCUT2D eigenvalue weighted by molar-refractivity contribution is 6.34. The lowest BCUT2D eigenvalue weighted by molar-refractivity contribution is -0.114. The SMILES string of the molecule is CC(/C=C/c1ccc(C(=O)O)cc1)=C\C=C1/C(=O)N(c2ccccn2)N=C1c1ccccn1. The van der Waals surface area contributed by atoms with E-state index in [1.54, 1.807) is 73.1 Å². The number of carboxylic acid groups (broad SMARTS) is 1. The molecule has 2 aromatic heterocycles. The zero-order valence-corrected chi connectivity index (χ0v) is 17.8. The number of carbonyl (C=O) groups is 2. The van der Waals surface area contributed by atoms with Crippen molar-refractivity contribution in [2.45, 2.75) is 6.92 Å². The van der Waals surface area contributed by atoms with E-state index < -0.39 is 5.97 Å². The minimum absolute atomic E-state index is 0.239. The van der Waals surface area contributed by atoms with E-state index in [-0.39, 0.29) is 11.5 Å². The first-order valence-corrected chi connectivity index (χ1v) is 10.2. The van der Waals surface area contributed by atoms with E-state index in [0.717, 1.165) is 11.1 Å². The molecule has 162 valence electrons. The number of nitrogens with zero attached hydrogens (tertiary/aromatic N) is 4. The van der Waals surface area contributed by atoms with Crippen LogP contribution >= 0.6 is 0 Å². The zero-order chi connectivity index (χ0) is 23.2. The number of amides is 1. The fraction of sp³-hybridized carbons (Fsp3) is 0.0385. The quantitative estimate of drug-likeness (QED) is 0.453. The van der Waals surface area contributed by atoms with Crippen molar-refractivity contribution in [3.05, 3.63) is 119 Å². The Labute approximate surface area is 190 Å². The Kier molecular flexibility index (Phi) is 6.31. The maximum absolute atomic E-state index is 13.1. The van der Waals surface area contributed by atoms with Crippen LogP contribution in [0.2, 0.25) is 0 Å². The molecule has 1 N–H and O–H groups in total. The highest BCUT2D eigenvalue weighted by atomic mass is 16.4. The van der Waals surface area contributed by atoms with Gasteiger partial charge in [-0.25, -0.2) is 9.78 Å². The van der Waals surface area contributed by atoms with Gasteiger partial charge < -0.3 is 5.11 Å². The number of anilines is 1. The van der Waals surface area contributed by atoms with Gasteiger partial charge in [0.05, 0.1) is 16.8 Å². The second kappa shape index (κ2) is 9.65. The predicted molar refractivity (Wildman–Crippen MR) is 127 cm³/mol. The summed E-state index contributed by atoms with van der Waals surface area (Å²) in [5, 5.41) is 14.8. The molecule has 0 saturated heterocycles. The normalized spacial score (nSPS) is 15.4. The number of rotatable bonds is 6. The van der Waals surface area contributed by atoms with Crippen LogP contribution in [0, 0.1) is 0 Å². The molecular weight excluding hydrogens is 416 g/mol. The summed E-state index contributed by atoms with van der Waals surface area (Å²) < 4.78 is 0. The van der Waals surface area contributed by atoms with Gasteiger partial charge in [-0.05, 0) is 55.0 Å². The molecule has 0 saturated carbocycles. The van der Waals surface area contributed by atoms with Gasteiger partial charge in [0.2, 0.25) is 0 Å². The lowest BCUT2D eigenvalue weighted by Gasteiger charge is -2.09. The second-order valence-corrected chi connectivity index (χ2v) is 7.22. The van der Waals surface area contributed by atoms with Crippen molar-refractivity contribution in [2.75, 3.05) is 5.01 Å². The van der Waals surface area contributed by atoms with E-state index in [2.05, 4.69) is 15.1 Å². The van der Waals surface area contributed by atoms with Crippen molar-refractivity contribution < 1.29 is 14.7 Å². The van der Waals surface area contributed by atoms with Gasteiger partial charge in [0, 0.05) is 12.4 Å². The summed E-state index contributed by atoms with van der Waals surface area (Å²) >= 11 is 0. The Hall–Kier alpha value is -4.65. The van der Waals surface area contributed by atoms with E-state index in [1.807, 2.05) is 31.2 Å². The topological polar surface area (TPSA) is 95.8 Å². The second-order valence-electron chi connectivity index (χ2n) is 7.22. The third-order valence-corrected chi connectivity index (χ3v) is 4.86. The summed E-state index contributed by atoms with van der Waals surface area (Å²) in [6.07, 6.45) is 10.6. The molecule has 0 aliphatic carbocycles. The van der Waals surface area contributed by atoms with Crippen molar-refractivity contribution in [3.63, 3.8) is 0 Å². The van der Waals surface area contributed by atoms with Crippen molar-refractivity contribution in [3.8, 4) is 0 Å². The van der Waals surface area contributed by atoms with Crippen LogP contribution in [0.1, 0.15) is 28.5 Å². The zero-order valence-electron chi connectivity index (χ0n) is 17.8. The standard InChI is InChI=1S/C26H20N4O3/c1-18(8-10-19-11-13-20(14-12-19)26(32)33)9-15-21-24(22-6-2-4-16-27-22)29-30(25(21)31)23-7-3-5-17-28-23/h2-17H,1H3,(H,32,33)/b10-8+,18-9+,21-15-. The highest BCUT2D eigenvalue weighted by Gasteiger charge is 2.32. The minimum Gasteiger partial charge on any atom is -0.478 e. The maximum atomic E-state index is 13.1. The van der Waals surface area contributed by atoms with E-state index in [1.165, 1.54) is 5.01 Å². The van der Waals surface area contributed by atoms with Crippen molar-refractivity contribution in [2.24, 2.45) is 5.10 Å². The number of carbonyl (C=O) groups excluding carboxylic acids is 1. The van der Waals surface area contributed by atoms with Crippen LogP contribution in [0.5, 0.6) is 0 Å². The molecule has 7 nitrogen and oxygen atoms in total. The van der Waals surface area contributed by atoms with Gasteiger partial charge in [0.1, 0.15) is 5.71 Å². The van der Waals surface area contributed by atoms with E-state index >= 15 is 0 Å². The summed E-state index contributed by atoms with van der Waals surface area (Å²) in [5.41, 5.74) is 3.49. The van der Waals surface area contributed by atoms with Gasteiger partial charge in [-0.1, -0.05) is 48.1 Å². The van der Waals surface area contributed by atoms with Crippen LogP contribution in [-0.4, -0.2) is 32.7 Å². The summed E-state index contributed by atoms with van der Waals surface area (Å²) in [6, 6.07) is 17.3. The molecule has 1 aliphatic heterocycles. The predicted octanol–water partition coefficient (Wildman–Crippen LogP) is 4.51. The van der Waals surface area contributed by atoms with Crippen LogP contribution in [0.15, 0.2) is 108 Å². The number of pyridine rings is 2. The first-order chi connectivity index (χ1) is 16.0. The van der Waals surface area contributed by atoms with E-state index in [9.17, 15) is 9.59 Å². The van der Waals surface area contributed by atoms with Gasteiger partial charge in [-0.3, -0.25) is 9.78 Å². The number of hydrogen-bond acceptors (Lipinski definition) is 5. The fourth-order valence-corrected chi connectivity index (χ4v) is 3.13. The fourth-order valence-electron chi connectivity index (χ4n) is 3.13. The highest BCUT2D eigenvalue weighted by Crippen LogP contribution is 2.24. The Morgan fingerprint density at radius 1 is 0.970 bits per heavy atom. The molecule has 0 radical (unpaired) electrons. The average molecular weight is 436 g/mol. The first-order valence-electron chi connectivity index (χ1n) is 10.2. The smallest absolute Gasteiger partial charge is 0.335 e. The Bertz CT molecular complexity index is 1290. The number of benzene rings is 1. The molecule has 3 heterocycles. The molecule has 33 heavy (non-hydrogen) atoms. The summed E-state index contributed by atoms with van der Waals surface area (Å²) in [4.78, 5) is 32.7. The number of aromatic nitrogens is 2. The van der Waals surface area contributed by atoms with E-state index in [0.29, 0.717) is 22.8 Å². The molecule has 0 fully saturated rings. The van der Waals surface area contributed by atoms with Gasteiger partial charge in [-0.15, -0.1) is 0 Å². The molecule has 1 aliphatic rings. The van der Waals surface area contributed by atoms with Gasteiger partial charge in [0.25, 0.3) is 5.91 Å². The molecule has 0 bridgehead atoms. The monoisotopic (exact) mass is 436 g/mol. The summed E-state index contributed by atoms with van der Waals surface area (Å²) in [7, 11) is 0. The Balaban J connectivity index is 1.61. The van der Waals surface area contributed by atoms with Crippen molar-refractivity contribution in [1.29, 1.82) is 0 Å². The number of aromatic carboxylic acids is 1. The number of carboxylic acids is 1. The molecule has 0 atom stereocenters. The van der Waals surface area contributed by atoms with Crippen molar-refractivity contribution in [1.82, 2.24) is 9.97 Å². The average Bonchev–Trinajstić information content (AvgIpc) is 3.18. The molecule has 4 rings (SSSR count). The molecular formula is C26H20N4O3. The van der Waals surface area contributed by atoms with Crippen molar-refractivity contribution >= 4 is 29.5 Å². The number of hydrazone groups is 1. The number of allylic oxidation sites excluding steroid dienone is 4. The van der Waals surface area contributed by atoms with Gasteiger partial charge in [0.15, 0.2) is 5.82 Å². The Morgan fingerprint density at radius 2 is 1.70 bits per heavy atom.